The molecule has 3 N–H and O–H groups in total. The van der Waals surface area contributed by atoms with Gasteiger partial charge in [-0.2, -0.15) is 0 Å². The van der Waals surface area contributed by atoms with Crippen molar-refractivity contribution in [2.45, 2.75) is 45.1 Å². The van der Waals surface area contributed by atoms with Gasteiger partial charge in [-0.25, -0.2) is 0 Å². The van der Waals surface area contributed by atoms with Gasteiger partial charge in [0, 0.05) is 12.6 Å². The molecule has 0 radical (unpaired) electrons. The normalized spacial score (nSPS) is 19.8. The third kappa shape index (κ3) is 4.07. The summed E-state index contributed by atoms with van der Waals surface area (Å²) in [4.78, 5) is 0. The summed E-state index contributed by atoms with van der Waals surface area (Å²) in [7, 11) is 0. The quantitative estimate of drug-likeness (QED) is 0.359. The molecule has 0 saturated heterocycles. The van der Waals surface area contributed by atoms with Crippen molar-refractivity contribution >= 4 is 0 Å². The van der Waals surface area contributed by atoms with Gasteiger partial charge < -0.3 is 4.74 Å². The van der Waals surface area contributed by atoms with Gasteiger partial charge in [-0.3, -0.25) is 11.3 Å². The molecule has 0 bridgehead atoms. The van der Waals surface area contributed by atoms with E-state index in [1.165, 1.54) is 25.7 Å². The zero-order chi connectivity index (χ0) is 9.52. The van der Waals surface area contributed by atoms with Crippen molar-refractivity contribution in [1.82, 2.24) is 5.43 Å². The predicted octanol–water partition coefficient (Wildman–Crippen LogP) is 1.44. The summed E-state index contributed by atoms with van der Waals surface area (Å²) >= 11 is 0. The molecule has 1 unspecified atom stereocenters. The van der Waals surface area contributed by atoms with Crippen molar-refractivity contribution in [3.05, 3.63) is 0 Å². The minimum atomic E-state index is 0.358. The first-order valence-electron chi connectivity index (χ1n) is 5.40. The van der Waals surface area contributed by atoms with Gasteiger partial charge in [-0.05, 0) is 18.8 Å². The first-order valence-corrected chi connectivity index (χ1v) is 5.40. The summed E-state index contributed by atoms with van der Waals surface area (Å²) in [6.45, 7) is 3.74. The second-order valence-corrected chi connectivity index (χ2v) is 3.97. The van der Waals surface area contributed by atoms with Crippen molar-refractivity contribution in [2.24, 2.45) is 11.8 Å². The summed E-state index contributed by atoms with van der Waals surface area (Å²) in [6, 6.07) is 0.358. The minimum absolute atomic E-state index is 0.358. The van der Waals surface area contributed by atoms with Gasteiger partial charge in [0.15, 0.2) is 0 Å². The molecule has 0 aromatic heterocycles. The van der Waals surface area contributed by atoms with Crippen LogP contribution in [0.5, 0.6) is 0 Å². The first-order chi connectivity index (χ1) is 6.36. The molecule has 78 valence electrons. The maximum atomic E-state index is 5.46. The Bertz CT molecular complexity index is 126. The fourth-order valence-electron chi connectivity index (χ4n) is 1.68. The molecule has 0 spiro atoms. The SMILES string of the molecule is CCCOCC(CC1CCC1)NN. The third-order valence-electron chi connectivity index (χ3n) is 2.75. The van der Waals surface area contributed by atoms with E-state index < -0.39 is 0 Å². The van der Waals surface area contributed by atoms with Crippen LogP contribution in [0.1, 0.15) is 39.0 Å². The molecule has 0 amide bonds. The smallest absolute Gasteiger partial charge is 0.0633 e. The van der Waals surface area contributed by atoms with Crippen LogP contribution in [-0.4, -0.2) is 19.3 Å². The van der Waals surface area contributed by atoms with Crippen LogP contribution in [0.2, 0.25) is 0 Å². The molecule has 13 heavy (non-hydrogen) atoms. The lowest BCUT2D eigenvalue weighted by molar-refractivity contribution is 0.0973. The largest absolute Gasteiger partial charge is 0.380 e. The van der Waals surface area contributed by atoms with E-state index in [2.05, 4.69) is 12.3 Å². The Morgan fingerprint density at radius 1 is 1.54 bits per heavy atom. The lowest BCUT2D eigenvalue weighted by Crippen LogP contribution is -2.41. The van der Waals surface area contributed by atoms with E-state index in [0.29, 0.717) is 6.04 Å². The minimum Gasteiger partial charge on any atom is -0.380 e. The number of nitrogens with two attached hydrogens (primary N) is 1. The lowest BCUT2D eigenvalue weighted by Gasteiger charge is -2.29. The van der Waals surface area contributed by atoms with Crippen LogP contribution in [-0.2, 0) is 4.74 Å². The fourth-order valence-corrected chi connectivity index (χ4v) is 1.68. The molecule has 0 aromatic carbocycles. The molecule has 3 nitrogen and oxygen atoms in total. The Balaban J connectivity index is 2.03. The van der Waals surface area contributed by atoms with E-state index in [9.17, 15) is 0 Å². The van der Waals surface area contributed by atoms with Crippen molar-refractivity contribution < 1.29 is 4.74 Å². The van der Waals surface area contributed by atoms with E-state index >= 15 is 0 Å². The first kappa shape index (κ1) is 11.0. The van der Waals surface area contributed by atoms with Gasteiger partial charge in [0.25, 0.3) is 0 Å². The standard InChI is InChI=1S/C10H22N2O/c1-2-6-13-8-10(12-11)7-9-4-3-5-9/h9-10,12H,2-8,11H2,1H3. The molecule has 1 rings (SSSR count). The maximum Gasteiger partial charge on any atom is 0.0633 e. The second-order valence-electron chi connectivity index (χ2n) is 3.97. The summed E-state index contributed by atoms with van der Waals surface area (Å²) in [5.41, 5.74) is 2.84. The fraction of sp³-hybridized carbons (Fsp3) is 1.00. The molecule has 1 aliphatic carbocycles. The monoisotopic (exact) mass is 186 g/mol. The lowest BCUT2D eigenvalue weighted by atomic mass is 9.81. The van der Waals surface area contributed by atoms with Crippen LogP contribution in [0.3, 0.4) is 0 Å². The summed E-state index contributed by atoms with van der Waals surface area (Å²) < 4.78 is 5.46. The van der Waals surface area contributed by atoms with Gasteiger partial charge in [0.1, 0.15) is 0 Å². The van der Waals surface area contributed by atoms with E-state index in [1.807, 2.05) is 0 Å². The zero-order valence-corrected chi connectivity index (χ0v) is 8.59. The number of hydrazine groups is 1. The Morgan fingerprint density at radius 3 is 2.77 bits per heavy atom. The number of hydrogen-bond donors (Lipinski definition) is 2. The van der Waals surface area contributed by atoms with E-state index in [-0.39, 0.29) is 0 Å². The molecule has 1 saturated carbocycles. The van der Waals surface area contributed by atoms with Gasteiger partial charge in [0.2, 0.25) is 0 Å². The van der Waals surface area contributed by atoms with Crippen LogP contribution in [0.25, 0.3) is 0 Å². The van der Waals surface area contributed by atoms with Crippen molar-refractivity contribution in [3.63, 3.8) is 0 Å². The number of hydrogen-bond acceptors (Lipinski definition) is 3. The van der Waals surface area contributed by atoms with Crippen molar-refractivity contribution in [3.8, 4) is 0 Å². The number of rotatable bonds is 7. The summed E-state index contributed by atoms with van der Waals surface area (Å²) in [6.07, 6.45) is 6.43. The second kappa shape index (κ2) is 6.35. The predicted molar refractivity (Wildman–Crippen MR) is 54.2 cm³/mol. The van der Waals surface area contributed by atoms with E-state index in [0.717, 1.165) is 25.6 Å². The average Bonchev–Trinajstić information content (AvgIpc) is 2.08. The highest BCUT2D eigenvalue weighted by Crippen LogP contribution is 2.30. The van der Waals surface area contributed by atoms with Crippen molar-refractivity contribution in [1.29, 1.82) is 0 Å². The summed E-state index contributed by atoms with van der Waals surface area (Å²) in [5, 5.41) is 0. The molecule has 1 aliphatic rings. The topological polar surface area (TPSA) is 47.3 Å². The van der Waals surface area contributed by atoms with Crippen LogP contribution < -0.4 is 11.3 Å². The molecule has 0 heterocycles. The van der Waals surface area contributed by atoms with Crippen LogP contribution in [0.4, 0.5) is 0 Å². The number of nitrogens with one attached hydrogen (secondary N) is 1. The van der Waals surface area contributed by atoms with E-state index in [1.54, 1.807) is 0 Å². The molecule has 0 aliphatic heterocycles. The highest BCUT2D eigenvalue weighted by atomic mass is 16.5. The molecular weight excluding hydrogens is 164 g/mol. The maximum absolute atomic E-state index is 5.46. The highest BCUT2D eigenvalue weighted by molar-refractivity contribution is 4.75. The van der Waals surface area contributed by atoms with Gasteiger partial charge in [0.05, 0.1) is 6.61 Å². The van der Waals surface area contributed by atoms with Crippen molar-refractivity contribution in [2.75, 3.05) is 13.2 Å². The Hall–Kier alpha value is -0.120. The molecule has 0 aromatic rings. The van der Waals surface area contributed by atoms with Gasteiger partial charge >= 0.3 is 0 Å². The van der Waals surface area contributed by atoms with E-state index in [4.69, 9.17) is 10.6 Å². The Morgan fingerprint density at radius 2 is 2.31 bits per heavy atom. The zero-order valence-electron chi connectivity index (χ0n) is 8.59. The van der Waals surface area contributed by atoms with Crippen LogP contribution in [0, 0.1) is 5.92 Å². The highest BCUT2D eigenvalue weighted by Gasteiger charge is 2.21. The van der Waals surface area contributed by atoms with Gasteiger partial charge in [-0.1, -0.05) is 26.2 Å². The number of ether oxygens (including phenoxy) is 1. The van der Waals surface area contributed by atoms with Gasteiger partial charge in [-0.15, -0.1) is 0 Å². The molecule has 1 fully saturated rings. The van der Waals surface area contributed by atoms with Crippen LogP contribution in [0.15, 0.2) is 0 Å². The summed E-state index contributed by atoms with van der Waals surface area (Å²) in [5.74, 6) is 6.35. The molecular formula is C10H22N2O. The molecule has 1 atom stereocenters. The Labute approximate surface area is 81.0 Å². The third-order valence-corrected chi connectivity index (χ3v) is 2.75. The van der Waals surface area contributed by atoms with Crippen LogP contribution >= 0.6 is 0 Å². The molecule has 3 heteroatoms. The Kier molecular flexibility index (Phi) is 5.35. The average molecular weight is 186 g/mol.